The van der Waals surface area contributed by atoms with Crippen LogP contribution in [0.15, 0.2) is 24.3 Å². The Balaban J connectivity index is 0.00000169. The van der Waals surface area contributed by atoms with Gasteiger partial charge in [-0.05, 0) is 56.5 Å². The standard InChI is InChI=1S/C18H26FN3O2.2ClH/c19-14-3-5-16(6-4-14)24-13-12-22-10-7-15(8-11-22)21-18(23)17-2-1-9-20-17;;/h3-6,15,17,20H,1-2,7-13H2,(H,21,23);2*1H. The molecule has 1 aromatic rings. The summed E-state index contributed by atoms with van der Waals surface area (Å²) in [6.45, 7) is 4.33. The molecule has 0 aliphatic carbocycles. The first-order chi connectivity index (χ1) is 11.7. The average Bonchev–Trinajstić information content (AvgIpc) is 3.13. The SMILES string of the molecule is Cl.Cl.O=C(NC1CCN(CCOc2ccc(F)cc2)CC1)C1CCCN1. The van der Waals surface area contributed by atoms with Crippen LogP contribution in [0.1, 0.15) is 25.7 Å². The summed E-state index contributed by atoms with van der Waals surface area (Å²) in [4.78, 5) is 14.5. The molecule has 0 saturated carbocycles. The minimum Gasteiger partial charge on any atom is -0.492 e. The normalized spacial score (nSPS) is 20.7. The Hall–Kier alpha value is -1.08. The summed E-state index contributed by atoms with van der Waals surface area (Å²) in [5, 5.41) is 6.41. The van der Waals surface area contributed by atoms with E-state index >= 15 is 0 Å². The first kappa shape index (κ1) is 23.0. The molecule has 2 aliphatic rings. The molecular formula is C18H28Cl2FN3O2. The average molecular weight is 408 g/mol. The van der Waals surface area contributed by atoms with Crippen LogP contribution in [0.25, 0.3) is 0 Å². The van der Waals surface area contributed by atoms with E-state index in [0.29, 0.717) is 12.4 Å². The molecule has 1 atom stereocenters. The van der Waals surface area contributed by atoms with Crippen molar-refractivity contribution in [3.05, 3.63) is 30.1 Å². The lowest BCUT2D eigenvalue weighted by Crippen LogP contribution is -2.49. The summed E-state index contributed by atoms with van der Waals surface area (Å²) in [6, 6.07) is 6.40. The van der Waals surface area contributed by atoms with Crippen LogP contribution >= 0.6 is 24.8 Å². The van der Waals surface area contributed by atoms with E-state index in [1.165, 1.54) is 12.1 Å². The van der Waals surface area contributed by atoms with Crippen molar-refractivity contribution in [2.24, 2.45) is 0 Å². The van der Waals surface area contributed by atoms with Gasteiger partial charge in [-0.1, -0.05) is 0 Å². The van der Waals surface area contributed by atoms with E-state index in [4.69, 9.17) is 4.74 Å². The summed E-state index contributed by atoms with van der Waals surface area (Å²) < 4.78 is 18.5. The van der Waals surface area contributed by atoms with Gasteiger partial charge in [-0.15, -0.1) is 24.8 Å². The van der Waals surface area contributed by atoms with Crippen LogP contribution in [0.4, 0.5) is 4.39 Å². The maximum absolute atomic E-state index is 12.8. The number of rotatable bonds is 6. The molecule has 3 rings (SSSR count). The smallest absolute Gasteiger partial charge is 0.237 e. The van der Waals surface area contributed by atoms with E-state index in [1.54, 1.807) is 12.1 Å². The van der Waals surface area contributed by atoms with Crippen LogP contribution in [0.2, 0.25) is 0 Å². The molecule has 2 fully saturated rings. The van der Waals surface area contributed by atoms with Crippen molar-refractivity contribution in [2.75, 3.05) is 32.8 Å². The zero-order valence-corrected chi connectivity index (χ0v) is 16.4. The Morgan fingerprint density at radius 3 is 2.50 bits per heavy atom. The summed E-state index contributed by atoms with van der Waals surface area (Å²) >= 11 is 0. The van der Waals surface area contributed by atoms with Gasteiger partial charge >= 0.3 is 0 Å². The number of nitrogens with one attached hydrogen (secondary N) is 2. The molecule has 26 heavy (non-hydrogen) atoms. The van der Waals surface area contributed by atoms with Crippen molar-refractivity contribution >= 4 is 30.7 Å². The summed E-state index contributed by atoms with van der Waals surface area (Å²) in [5.41, 5.74) is 0. The number of carbonyl (C=O) groups is 1. The molecule has 0 radical (unpaired) electrons. The first-order valence-electron chi connectivity index (χ1n) is 8.85. The lowest BCUT2D eigenvalue weighted by molar-refractivity contribution is -0.123. The number of hydrogen-bond donors (Lipinski definition) is 2. The molecule has 2 aliphatic heterocycles. The largest absolute Gasteiger partial charge is 0.492 e. The second-order valence-corrected chi connectivity index (χ2v) is 6.58. The molecule has 1 aromatic carbocycles. The molecule has 1 amide bonds. The van der Waals surface area contributed by atoms with E-state index < -0.39 is 0 Å². The Kier molecular flexibility index (Phi) is 10.2. The van der Waals surface area contributed by atoms with Gasteiger partial charge in [0.2, 0.25) is 5.91 Å². The van der Waals surface area contributed by atoms with E-state index in [2.05, 4.69) is 15.5 Å². The van der Waals surface area contributed by atoms with Gasteiger partial charge in [-0.25, -0.2) is 4.39 Å². The highest BCUT2D eigenvalue weighted by Gasteiger charge is 2.26. The molecule has 2 saturated heterocycles. The molecular weight excluding hydrogens is 380 g/mol. The lowest BCUT2D eigenvalue weighted by Gasteiger charge is -2.32. The minimum absolute atomic E-state index is 0. The molecule has 2 heterocycles. The molecule has 0 aromatic heterocycles. The number of piperidine rings is 1. The van der Waals surface area contributed by atoms with Crippen LogP contribution in [0, 0.1) is 5.82 Å². The molecule has 0 bridgehead atoms. The monoisotopic (exact) mass is 407 g/mol. The van der Waals surface area contributed by atoms with Crippen molar-refractivity contribution in [1.29, 1.82) is 0 Å². The number of halogens is 3. The fraction of sp³-hybridized carbons (Fsp3) is 0.611. The molecule has 2 N–H and O–H groups in total. The number of ether oxygens (including phenoxy) is 1. The summed E-state index contributed by atoms with van der Waals surface area (Å²) in [5.74, 6) is 0.604. The predicted molar refractivity (Wildman–Crippen MR) is 105 cm³/mol. The Labute approximate surface area is 166 Å². The Bertz CT molecular complexity index is 534. The number of amides is 1. The molecule has 8 heteroatoms. The lowest BCUT2D eigenvalue weighted by atomic mass is 10.0. The third kappa shape index (κ3) is 6.91. The second-order valence-electron chi connectivity index (χ2n) is 6.58. The van der Waals surface area contributed by atoms with Gasteiger partial charge in [0, 0.05) is 25.7 Å². The number of nitrogens with zero attached hydrogens (tertiary/aromatic N) is 1. The highest BCUT2D eigenvalue weighted by Crippen LogP contribution is 2.14. The molecule has 148 valence electrons. The van der Waals surface area contributed by atoms with Gasteiger partial charge in [0.15, 0.2) is 0 Å². The quantitative estimate of drug-likeness (QED) is 0.759. The van der Waals surface area contributed by atoms with Crippen molar-refractivity contribution in [2.45, 2.75) is 37.8 Å². The van der Waals surface area contributed by atoms with Crippen molar-refractivity contribution in [3.63, 3.8) is 0 Å². The van der Waals surface area contributed by atoms with Crippen LogP contribution in [0.5, 0.6) is 5.75 Å². The van der Waals surface area contributed by atoms with Crippen molar-refractivity contribution in [3.8, 4) is 5.75 Å². The fourth-order valence-electron chi connectivity index (χ4n) is 3.33. The van der Waals surface area contributed by atoms with Gasteiger partial charge in [0.25, 0.3) is 0 Å². The highest BCUT2D eigenvalue weighted by atomic mass is 35.5. The maximum atomic E-state index is 12.8. The summed E-state index contributed by atoms with van der Waals surface area (Å²) in [6.07, 6.45) is 4.00. The number of carbonyl (C=O) groups excluding carboxylic acids is 1. The van der Waals surface area contributed by atoms with E-state index in [0.717, 1.165) is 51.9 Å². The minimum atomic E-state index is -0.251. The first-order valence-corrected chi connectivity index (χ1v) is 8.85. The van der Waals surface area contributed by atoms with Crippen LogP contribution in [0.3, 0.4) is 0 Å². The molecule has 0 spiro atoms. The summed E-state index contributed by atoms with van der Waals surface area (Å²) in [7, 11) is 0. The van der Waals surface area contributed by atoms with Crippen molar-refractivity contribution in [1.82, 2.24) is 15.5 Å². The van der Waals surface area contributed by atoms with Crippen LogP contribution in [-0.4, -0.2) is 55.7 Å². The van der Waals surface area contributed by atoms with Gasteiger partial charge < -0.3 is 15.4 Å². The zero-order valence-electron chi connectivity index (χ0n) is 14.8. The molecule has 5 nitrogen and oxygen atoms in total. The zero-order chi connectivity index (χ0) is 16.8. The number of likely N-dealkylation sites (tertiary alicyclic amines) is 1. The fourth-order valence-corrected chi connectivity index (χ4v) is 3.33. The number of hydrogen-bond acceptors (Lipinski definition) is 4. The highest BCUT2D eigenvalue weighted by molar-refractivity contribution is 5.85. The van der Waals surface area contributed by atoms with E-state index in [-0.39, 0.29) is 48.6 Å². The Morgan fingerprint density at radius 2 is 1.88 bits per heavy atom. The molecule has 1 unspecified atom stereocenters. The Morgan fingerprint density at radius 1 is 1.19 bits per heavy atom. The van der Waals surface area contributed by atoms with E-state index in [1.807, 2.05) is 0 Å². The number of benzene rings is 1. The van der Waals surface area contributed by atoms with Crippen molar-refractivity contribution < 1.29 is 13.9 Å². The van der Waals surface area contributed by atoms with Gasteiger partial charge in [-0.3, -0.25) is 9.69 Å². The van der Waals surface area contributed by atoms with Gasteiger partial charge in [0.1, 0.15) is 18.2 Å². The second kappa shape index (κ2) is 11.6. The van der Waals surface area contributed by atoms with Gasteiger partial charge in [-0.2, -0.15) is 0 Å². The van der Waals surface area contributed by atoms with E-state index in [9.17, 15) is 9.18 Å². The topological polar surface area (TPSA) is 53.6 Å². The third-order valence-electron chi connectivity index (χ3n) is 4.80. The van der Waals surface area contributed by atoms with Crippen LogP contribution in [-0.2, 0) is 4.79 Å². The third-order valence-corrected chi connectivity index (χ3v) is 4.80. The van der Waals surface area contributed by atoms with Crippen LogP contribution < -0.4 is 15.4 Å². The van der Waals surface area contributed by atoms with Gasteiger partial charge in [0.05, 0.1) is 6.04 Å². The maximum Gasteiger partial charge on any atom is 0.237 e. The predicted octanol–water partition coefficient (Wildman–Crippen LogP) is 2.38.